The molecule has 3 aliphatic rings. The van der Waals surface area contributed by atoms with Gasteiger partial charge in [-0.2, -0.15) is 0 Å². The van der Waals surface area contributed by atoms with Gasteiger partial charge in [0.15, 0.2) is 23.0 Å². The van der Waals surface area contributed by atoms with Gasteiger partial charge in [-0.25, -0.2) is 0 Å². The van der Waals surface area contributed by atoms with Crippen molar-refractivity contribution in [2.45, 2.75) is 63.8 Å². The SMILES string of the molecule is c1ccc(COCC2(c3c(Cc4cccc5c4OCCO5)c4c(c(OCc5ccccc5)c3OCc3ccccc3)C(OCc3ccccc3)CO4)CCCCO2)cc1. The molecule has 8 nitrogen and oxygen atoms in total. The molecule has 9 rings (SSSR count). The molecule has 0 aliphatic carbocycles. The van der Waals surface area contributed by atoms with E-state index < -0.39 is 11.7 Å². The van der Waals surface area contributed by atoms with Gasteiger partial charge < -0.3 is 37.9 Å². The normalized spacial score (nSPS) is 18.1. The first-order chi connectivity index (χ1) is 29.2. The van der Waals surface area contributed by atoms with E-state index in [9.17, 15) is 0 Å². The second-order valence-corrected chi connectivity index (χ2v) is 15.3. The highest BCUT2D eigenvalue weighted by atomic mass is 16.6. The van der Waals surface area contributed by atoms with Crippen LogP contribution in [-0.4, -0.2) is 33.0 Å². The van der Waals surface area contributed by atoms with Crippen LogP contribution in [0.25, 0.3) is 0 Å². The van der Waals surface area contributed by atoms with Crippen molar-refractivity contribution in [3.63, 3.8) is 0 Å². The Balaban J connectivity index is 1.25. The molecule has 3 aliphatic heterocycles. The third-order valence-corrected chi connectivity index (χ3v) is 11.2. The third kappa shape index (κ3) is 8.81. The fourth-order valence-electron chi connectivity index (χ4n) is 8.35. The monoisotopic (exact) mass is 790 g/mol. The molecule has 0 saturated carbocycles. The Morgan fingerprint density at radius 2 is 1.15 bits per heavy atom. The van der Waals surface area contributed by atoms with Crippen LogP contribution < -0.4 is 23.7 Å². The van der Waals surface area contributed by atoms with Crippen molar-refractivity contribution in [1.29, 1.82) is 0 Å². The van der Waals surface area contributed by atoms with Crippen LogP contribution in [0.15, 0.2) is 140 Å². The van der Waals surface area contributed by atoms with Crippen LogP contribution in [0.5, 0.6) is 28.7 Å². The van der Waals surface area contributed by atoms with Gasteiger partial charge in [0.25, 0.3) is 0 Å². The van der Waals surface area contributed by atoms with Crippen LogP contribution in [0, 0.1) is 0 Å². The van der Waals surface area contributed by atoms with Crippen molar-refractivity contribution < 1.29 is 37.9 Å². The second-order valence-electron chi connectivity index (χ2n) is 15.3. The summed E-state index contributed by atoms with van der Waals surface area (Å²) in [7, 11) is 0. The Morgan fingerprint density at radius 1 is 0.542 bits per heavy atom. The van der Waals surface area contributed by atoms with E-state index in [-0.39, 0.29) is 0 Å². The minimum Gasteiger partial charge on any atom is -0.490 e. The zero-order chi connectivity index (χ0) is 39.7. The first-order valence-electron chi connectivity index (χ1n) is 20.7. The zero-order valence-corrected chi connectivity index (χ0v) is 33.3. The summed E-state index contributed by atoms with van der Waals surface area (Å²) in [6.45, 7) is 3.62. The van der Waals surface area contributed by atoms with Gasteiger partial charge in [0.1, 0.15) is 50.5 Å². The molecule has 1 saturated heterocycles. The maximum atomic E-state index is 7.19. The molecule has 8 heteroatoms. The van der Waals surface area contributed by atoms with Crippen molar-refractivity contribution in [3.8, 4) is 28.7 Å². The van der Waals surface area contributed by atoms with Gasteiger partial charge in [-0.05, 0) is 47.6 Å². The van der Waals surface area contributed by atoms with Crippen molar-refractivity contribution in [3.05, 3.63) is 184 Å². The molecule has 0 spiro atoms. The molecule has 6 aromatic rings. The molecular formula is C51H50O8. The van der Waals surface area contributed by atoms with Crippen molar-refractivity contribution in [1.82, 2.24) is 0 Å². The van der Waals surface area contributed by atoms with E-state index in [0.29, 0.717) is 83.8 Å². The van der Waals surface area contributed by atoms with Crippen LogP contribution in [-0.2, 0) is 52.7 Å². The molecule has 2 unspecified atom stereocenters. The van der Waals surface area contributed by atoms with Crippen LogP contribution >= 0.6 is 0 Å². The zero-order valence-electron chi connectivity index (χ0n) is 33.3. The van der Waals surface area contributed by atoms with Crippen LogP contribution in [0.4, 0.5) is 0 Å². The number of ether oxygens (including phenoxy) is 8. The Kier molecular flexibility index (Phi) is 12.1. The van der Waals surface area contributed by atoms with Crippen molar-refractivity contribution >= 4 is 0 Å². The van der Waals surface area contributed by atoms with E-state index in [4.69, 9.17) is 37.9 Å². The van der Waals surface area contributed by atoms with Crippen LogP contribution in [0.1, 0.15) is 69.9 Å². The van der Waals surface area contributed by atoms with Gasteiger partial charge >= 0.3 is 0 Å². The summed E-state index contributed by atoms with van der Waals surface area (Å²) in [6, 6.07) is 47.0. The summed E-state index contributed by atoms with van der Waals surface area (Å²) >= 11 is 0. The largest absolute Gasteiger partial charge is 0.490 e. The Labute approximate surface area is 346 Å². The smallest absolute Gasteiger partial charge is 0.171 e. The summed E-state index contributed by atoms with van der Waals surface area (Å²) in [4.78, 5) is 0. The molecular weight excluding hydrogens is 741 g/mol. The molecule has 0 bridgehead atoms. The minimum absolute atomic E-state index is 0.300. The van der Waals surface area contributed by atoms with E-state index in [1.165, 1.54) is 0 Å². The molecule has 0 aromatic heterocycles. The summed E-state index contributed by atoms with van der Waals surface area (Å²) in [6.07, 6.45) is 2.63. The van der Waals surface area contributed by atoms with E-state index in [1.54, 1.807) is 0 Å². The lowest BCUT2D eigenvalue weighted by Gasteiger charge is -2.40. The minimum atomic E-state index is -0.896. The van der Waals surface area contributed by atoms with Gasteiger partial charge in [0.05, 0.1) is 25.4 Å². The molecule has 1 fully saturated rings. The van der Waals surface area contributed by atoms with E-state index in [0.717, 1.165) is 74.6 Å². The van der Waals surface area contributed by atoms with Crippen LogP contribution in [0.3, 0.4) is 0 Å². The molecule has 3 heterocycles. The number of hydrogen-bond acceptors (Lipinski definition) is 8. The fraction of sp³-hybridized carbons (Fsp3) is 0.294. The van der Waals surface area contributed by atoms with Gasteiger partial charge in [0, 0.05) is 29.7 Å². The summed E-state index contributed by atoms with van der Waals surface area (Å²) in [5, 5.41) is 0. The second kappa shape index (κ2) is 18.4. The Bertz CT molecular complexity index is 2270. The Morgan fingerprint density at radius 3 is 1.80 bits per heavy atom. The van der Waals surface area contributed by atoms with E-state index in [1.807, 2.05) is 84.9 Å². The maximum Gasteiger partial charge on any atom is 0.171 e. The topological polar surface area (TPSA) is 73.8 Å². The summed E-state index contributed by atoms with van der Waals surface area (Å²) in [5.74, 6) is 3.41. The summed E-state index contributed by atoms with van der Waals surface area (Å²) < 4.78 is 54.1. The van der Waals surface area contributed by atoms with Gasteiger partial charge in [0.2, 0.25) is 0 Å². The lowest BCUT2D eigenvalue weighted by molar-refractivity contribution is -0.133. The van der Waals surface area contributed by atoms with Crippen LogP contribution in [0.2, 0.25) is 0 Å². The number of hydrogen-bond donors (Lipinski definition) is 0. The van der Waals surface area contributed by atoms with Gasteiger partial charge in [-0.1, -0.05) is 133 Å². The maximum absolute atomic E-state index is 7.19. The van der Waals surface area contributed by atoms with Crippen molar-refractivity contribution in [2.24, 2.45) is 0 Å². The molecule has 0 amide bonds. The predicted molar refractivity (Wildman–Crippen MR) is 225 cm³/mol. The third-order valence-electron chi connectivity index (χ3n) is 11.2. The average molecular weight is 791 g/mol. The predicted octanol–water partition coefficient (Wildman–Crippen LogP) is 10.5. The quantitative estimate of drug-likeness (QED) is 0.0960. The first-order valence-corrected chi connectivity index (χ1v) is 20.7. The van der Waals surface area contributed by atoms with E-state index in [2.05, 4.69) is 54.6 Å². The highest BCUT2D eigenvalue weighted by Gasteiger charge is 2.46. The number of para-hydroxylation sites is 1. The van der Waals surface area contributed by atoms with E-state index >= 15 is 0 Å². The average Bonchev–Trinajstić information content (AvgIpc) is 3.73. The van der Waals surface area contributed by atoms with Crippen molar-refractivity contribution in [2.75, 3.05) is 33.0 Å². The molecule has 59 heavy (non-hydrogen) atoms. The molecule has 302 valence electrons. The molecule has 6 aromatic carbocycles. The lowest BCUT2D eigenvalue weighted by atomic mass is 9.80. The number of fused-ring (bicyclic) bond motifs is 2. The lowest BCUT2D eigenvalue weighted by Crippen LogP contribution is -2.40. The number of rotatable bonds is 16. The molecule has 2 atom stereocenters. The molecule has 0 radical (unpaired) electrons. The van der Waals surface area contributed by atoms with Gasteiger partial charge in [-0.15, -0.1) is 0 Å². The van der Waals surface area contributed by atoms with Gasteiger partial charge in [-0.3, -0.25) is 0 Å². The highest BCUT2D eigenvalue weighted by Crippen LogP contribution is 2.57. The first kappa shape index (κ1) is 38.7. The highest BCUT2D eigenvalue weighted by molar-refractivity contribution is 5.68. The standard InChI is InChI=1S/C51H50O8/c1-5-16-37(17-6-1)31-52-36-51(26-13-14-27-59-51)46-42(30-41-24-15-25-43-47(41)54-29-28-53-43)48-45(44(35-58-48)55-32-38-18-7-2-8-19-38)49(56-33-39-20-9-3-10-21-39)50(46)57-34-40-22-11-4-12-23-40/h1-12,15-25,44H,13-14,26-36H2. The molecule has 0 N–H and O–H groups in total. The number of benzene rings is 6. The summed E-state index contributed by atoms with van der Waals surface area (Å²) in [5.41, 5.74) is 6.96. The Hall–Kier alpha value is -5.80. The fourth-order valence-corrected chi connectivity index (χ4v) is 8.35.